The Morgan fingerprint density at radius 3 is 2.42 bits per heavy atom. The number of carbonyl (C=O) groups is 1. The standard InChI is InChI=1S/C19H26BrNO3/c1-19(2,3)24-18(22)21-14-8-9-15(21)11-16(10-14)23-12-13-6-4-5-7-17(13)20/h4-7,14-16H,8-12H2,1-3H3/t14-,15+,16+. The quantitative estimate of drug-likeness (QED) is 0.730. The second kappa shape index (κ2) is 7.04. The molecule has 2 saturated heterocycles. The summed E-state index contributed by atoms with van der Waals surface area (Å²) in [6.45, 7) is 6.36. The molecule has 2 fully saturated rings. The van der Waals surface area contributed by atoms with Crippen LogP contribution in [0.25, 0.3) is 0 Å². The van der Waals surface area contributed by atoms with Gasteiger partial charge < -0.3 is 14.4 Å². The molecule has 132 valence electrons. The smallest absolute Gasteiger partial charge is 0.410 e. The molecule has 2 aliphatic rings. The van der Waals surface area contributed by atoms with Gasteiger partial charge in [-0.05, 0) is 58.1 Å². The maximum absolute atomic E-state index is 12.5. The highest BCUT2D eigenvalue weighted by atomic mass is 79.9. The third kappa shape index (κ3) is 4.12. The zero-order valence-corrected chi connectivity index (χ0v) is 16.2. The molecular weight excluding hydrogens is 370 g/mol. The van der Waals surface area contributed by atoms with E-state index in [1.807, 2.05) is 43.9 Å². The minimum atomic E-state index is -0.441. The first-order valence-electron chi connectivity index (χ1n) is 8.70. The lowest BCUT2D eigenvalue weighted by Crippen LogP contribution is -2.50. The summed E-state index contributed by atoms with van der Waals surface area (Å²) < 4.78 is 12.8. The molecule has 2 heterocycles. The molecular formula is C19H26BrNO3. The lowest BCUT2D eigenvalue weighted by Gasteiger charge is -2.39. The van der Waals surface area contributed by atoms with Crippen LogP contribution < -0.4 is 0 Å². The van der Waals surface area contributed by atoms with E-state index in [4.69, 9.17) is 9.47 Å². The molecule has 3 atom stereocenters. The number of halogens is 1. The number of nitrogens with zero attached hydrogens (tertiary/aromatic N) is 1. The molecule has 0 unspecified atom stereocenters. The number of hydrogen-bond donors (Lipinski definition) is 0. The number of fused-ring (bicyclic) bond motifs is 2. The van der Waals surface area contributed by atoms with Crippen LogP contribution in [0.1, 0.15) is 52.0 Å². The normalized spacial score (nSPS) is 26.5. The second-order valence-corrected chi connectivity index (χ2v) is 8.62. The Balaban J connectivity index is 1.57. The maximum atomic E-state index is 12.5. The van der Waals surface area contributed by atoms with Crippen molar-refractivity contribution in [1.29, 1.82) is 0 Å². The Kier molecular flexibility index (Phi) is 5.21. The number of ether oxygens (including phenoxy) is 2. The van der Waals surface area contributed by atoms with Crippen molar-refractivity contribution in [1.82, 2.24) is 4.90 Å². The Hall–Kier alpha value is -1.07. The molecule has 0 radical (unpaired) electrons. The Labute approximate surface area is 152 Å². The first kappa shape index (κ1) is 17.7. The Morgan fingerprint density at radius 2 is 1.83 bits per heavy atom. The maximum Gasteiger partial charge on any atom is 0.410 e. The Bertz CT molecular complexity index is 585. The average Bonchev–Trinajstić information content (AvgIpc) is 2.76. The molecule has 1 aromatic rings. The third-order valence-corrected chi connectivity index (χ3v) is 5.50. The van der Waals surface area contributed by atoms with Gasteiger partial charge in [0.15, 0.2) is 0 Å². The van der Waals surface area contributed by atoms with E-state index in [2.05, 4.69) is 22.0 Å². The molecule has 0 aromatic heterocycles. The minimum Gasteiger partial charge on any atom is -0.444 e. The van der Waals surface area contributed by atoms with Gasteiger partial charge >= 0.3 is 6.09 Å². The minimum absolute atomic E-state index is 0.167. The summed E-state index contributed by atoms with van der Waals surface area (Å²) in [5.74, 6) is 0. The van der Waals surface area contributed by atoms with Crippen molar-refractivity contribution in [2.75, 3.05) is 0 Å². The lowest BCUT2D eigenvalue weighted by molar-refractivity contribution is -0.0397. The fraction of sp³-hybridized carbons (Fsp3) is 0.632. The van der Waals surface area contributed by atoms with E-state index in [0.717, 1.165) is 30.2 Å². The van der Waals surface area contributed by atoms with Crippen molar-refractivity contribution in [2.45, 2.75) is 76.9 Å². The fourth-order valence-corrected chi connectivity index (χ4v) is 4.10. The van der Waals surface area contributed by atoms with E-state index in [-0.39, 0.29) is 24.3 Å². The van der Waals surface area contributed by atoms with Gasteiger partial charge in [0.25, 0.3) is 0 Å². The van der Waals surface area contributed by atoms with Crippen LogP contribution in [0.3, 0.4) is 0 Å². The van der Waals surface area contributed by atoms with Gasteiger partial charge in [0.1, 0.15) is 5.60 Å². The SMILES string of the molecule is CC(C)(C)OC(=O)N1[C@@H]2CC[C@H]1C[C@@H](OCc1ccccc1Br)C2. The highest BCUT2D eigenvalue weighted by molar-refractivity contribution is 9.10. The summed E-state index contributed by atoms with van der Waals surface area (Å²) in [7, 11) is 0. The third-order valence-electron chi connectivity index (χ3n) is 4.73. The molecule has 0 spiro atoms. The van der Waals surface area contributed by atoms with Crippen LogP contribution >= 0.6 is 15.9 Å². The number of piperidine rings is 1. The predicted octanol–water partition coefficient (Wildman–Crippen LogP) is 4.90. The van der Waals surface area contributed by atoms with E-state index < -0.39 is 5.60 Å². The number of amides is 1. The van der Waals surface area contributed by atoms with E-state index in [9.17, 15) is 4.79 Å². The van der Waals surface area contributed by atoms with Crippen molar-refractivity contribution in [3.63, 3.8) is 0 Å². The number of carbonyl (C=O) groups excluding carboxylic acids is 1. The summed E-state index contributed by atoms with van der Waals surface area (Å²) in [4.78, 5) is 14.4. The molecule has 1 amide bonds. The summed E-state index contributed by atoms with van der Waals surface area (Å²) in [5, 5.41) is 0. The van der Waals surface area contributed by atoms with Crippen molar-refractivity contribution in [3.8, 4) is 0 Å². The van der Waals surface area contributed by atoms with Gasteiger partial charge in [0, 0.05) is 16.6 Å². The monoisotopic (exact) mass is 395 g/mol. The summed E-state index contributed by atoms with van der Waals surface area (Å²) in [5.41, 5.74) is 0.725. The number of hydrogen-bond acceptors (Lipinski definition) is 3. The van der Waals surface area contributed by atoms with Crippen LogP contribution in [-0.4, -0.2) is 34.8 Å². The second-order valence-electron chi connectivity index (χ2n) is 7.77. The predicted molar refractivity (Wildman–Crippen MR) is 96.8 cm³/mol. The average molecular weight is 396 g/mol. The van der Waals surface area contributed by atoms with Crippen molar-refractivity contribution in [3.05, 3.63) is 34.3 Å². The molecule has 2 aliphatic heterocycles. The van der Waals surface area contributed by atoms with Gasteiger partial charge in [0.2, 0.25) is 0 Å². The fourth-order valence-electron chi connectivity index (χ4n) is 3.70. The molecule has 4 nitrogen and oxygen atoms in total. The summed E-state index contributed by atoms with van der Waals surface area (Å²) in [6, 6.07) is 8.65. The van der Waals surface area contributed by atoms with E-state index in [1.54, 1.807) is 0 Å². The van der Waals surface area contributed by atoms with Gasteiger partial charge in [-0.1, -0.05) is 34.1 Å². The molecule has 0 aliphatic carbocycles. The van der Waals surface area contributed by atoms with Crippen LogP contribution in [0.2, 0.25) is 0 Å². The zero-order valence-electron chi connectivity index (χ0n) is 14.6. The summed E-state index contributed by atoms with van der Waals surface area (Å²) in [6.07, 6.45) is 3.96. The zero-order chi connectivity index (χ0) is 17.3. The Morgan fingerprint density at radius 1 is 1.21 bits per heavy atom. The molecule has 24 heavy (non-hydrogen) atoms. The summed E-state index contributed by atoms with van der Waals surface area (Å²) >= 11 is 3.56. The van der Waals surface area contributed by atoms with Gasteiger partial charge in [-0.15, -0.1) is 0 Å². The first-order chi connectivity index (χ1) is 11.3. The number of benzene rings is 1. The van der Waals surface area contributed by atoms with Gasteiger partial charge in [-0.3, -0.25) is 0 Å². The van der Waals surface area contributed by atoms with Crippen LogP contribution in [0.4, 0.5) is 4.79 Å². The molecule has 1 aromatic carbocycles. The van der Waals surface area contributed by atoms with Gasteiger partial charge in [0.05, 0.1) is 12.7 Å². The van der Waals surface area contributed by atoms with E-state index >= 15 is 0 Å². The van der Waals surface area contributed by atoms with Crippen LogP contribution in [0.5, 0.6) is 0 Å². The first-order valence-corrected chi connectivity index (χ1v) is 9.49. The molecule has 0 saturated carbocycles. The lowest BCUT2D eigenvalue weighted by atomic mass is 10.00. The van der Waals surface area contributed by atoms with Crippen molar-refractivity contribution < 1.29 is 14.3 Å². The topological polar surface area (TPSA) is 38.8 Å². The molecule has 0 N–H and O–H groups in total. The van der Waals surface area contributed by atoms with Crippen LogP contribution in [0.15, 0.2) is 28.7 Å². The number of rotatable bonds is 3. The highest BCUT2D eigenvalue weighted by Gasteiger charge is 2.45. The van der Waals surface area contributed by atoms with Crippen LogP contribution in [-0.2, 0) is 16.1 Å². The largest absolute Gasteiger partial charge is 0.444 e. The van der Waals surface area contributed by atoms with Gasteiger partial charge in [-0.25, -0.2) is 4.79 Å². The molecule has 3 rings (SSSR count). The molecule has 2 bridgehead atoms. The highest BCUT2D eigenvalue weighted by Crippen LogP contribution is 2.38. The van der Waals surface area contributed by atoms with Crippen LogP contribution in [0, 0.1) is 0 Å². The van der Waals surface area contributed by atoms with E-state index in [1.165, 1.54) is 5.56 Å². The van der Waals surface area contributed by atoms with E-state index in [0.29, 0.717) is 6.61 Å². The van der Waals surface area contributed by atoms with Crippen molar-refractivity contribution >= 4 is 22.0 Å². The van der Waals surface area contributed by atoms with Gasteiger partial charge in [-0.2, -0.15) is 0 Å². The molecule has 5 heteroatoms. The van der Waals surface area contributed by atoms with Crippen molar-refractivity contribution in [2.24, 2.45) is 0 Å².